The van der Waals surface area contributed by atoms with Crippen LogP contribution in [-0.4, -0.2) is 13.1 Å². The summed E-state index contributed by atoms with van der Waals surface area (Å²) in [5, 5.41) is -0.760. The van der Waals surface area contributed by atoms with Crippen LogP contribution >= 0.6 is 43.5 Å². The Kier molecular flexibility index (Phi) is 4.41. The summed E-state index contributed by atoms with van der Waals surface area (Å²) < 4.78 is 6.30. The summed E-state index contributed by atoms with van der Waals surface area (Å²) in [6.07, 6.45) is 0. The van der Waals surface area contributed by atoms with Crippen LogP contribution in [0.1, 0.15) is 10.9 Å². The number of benzene rings is 1. The average Bonchev–Trinajstić information content (AvgIpc) is 2.20. The van der Waals surface area contributed by atoms with Gasteiger partial charge in [0, 0.05) is 8.95 Å². The Balaban J connectivity index is 2.96. The highest BCUT2D eigenvalue weighted by atomic mass is 79.9. The third-order valence-electron chi connectivity index (χ3n) is 1.64. The Morgan fingerprint density at radius 3 is 2.57 bits per heavy atom. The van der Waals surface area contributed by atoms with Gasteiger partial charge in [-0.05, 0) is 49.6 Å². The molecule has 1 aromatic carbocycles. The predicted octanol–water partition coefficient (Wildman–Crippen LogP) is 3.66. The van der Waals surface area contributed by atoms with Crippen molar-refractivity contribution in [3.8, 4) is 0 Å². The van der Waals surface area contributed by atoms with Crippen LogP contribution in [0.15, 0.2) is 27.1 Å². The number of carbonyl (C=O) groups excluding carboxylic acids is 1. The van der Waals surface area contributed by atoms with E-state index in [1.165, 1.54) is 7.11 Å². The van der Waals surface area contributed by atoms with Crippen molar-refractivity contribution in [1.29, 1.82) is 0 Å². The molecule has 14 heavy (non-hydrogen) atoms. The Morgan fingerprint density at radius 1 is 1.43 bits per heavy atom. The zero-order chi connectivity index (χ0) is 10.7. The Bertz CT molecular complexity index is 355. The Morgan fingerprint density at radius 2 is 2.07 bits per heavy atom. The smallest absolute Gasteiger partial charge is 0.328 e. The highest BCUT2D eigenvalue weighted by Gasteiger charge is 2.18. The lowest BCUT2D eigenvalue weighted by Crippen LogP contribution is -2.08. The third kappa shape index (κ3) is 2.72. The molecule has 0 N–H and O–H groups in total. The minimum atomic E-state index is -0.760. The number of esters is 1. The van der Waals surface area contributed by atoms with E-state index in [1.54, 1.807) is 12.1 Å². The van der Waals surface area contributed by atoms with Crippen molar-refractivity contribution in [3.05, 3.63) is 32.7 Å². The molecule has 0 heterocycles. The molecule has 0 saturated heterocycles. The number of hydrogen-bond acceptors (Lipinski definition) is 2. The van der Waals surface area contributed by atoms with Gasteiger partial charge in [-0.15, -0.1) is 11.6 Å². The van der Waals surface area contributed by atoms with Gasteiger partial charge in [-0.2, -0.15) is 0 Å². The average molecular weight is 342 g/mol. The molecule has 0 bridgehead atoms. The Labute approximate surface area is 104 Å². The molecule has 0 saturated carbocycles. The van der Waals surface area contributed by atoms with Crippen LogP contribution in [0.4, 0.5) is 0 Å². The van der Waals surface area contributed by atoms with Crippen molar-refractivity contribution in [2.75, 3.05) is 7.11 Å². The molecule has 5 heteroatoms. The predicted molar refractivity (Wildman–Crippen MR) is 62.5 cm³/mol. The van der Waals surface area contributed by atoms with Gasteiger partial charge in [0.1, 0.15) is 0 Å². The van der Waals surface area contributed by atoms with E-state index in [2.05, 4.69) is 36.6 Å². The summed E-state index contributed by atoms with van der Waals surface area (Å²) in [5.74, 6) is -0.458. The van der Waals surface area contributed by atoms with Crippen LogP contribution in [0, 0.1) is 0 Å². The topological polar surface area (TPSA) is 26.3 Å². The molecule has 0 spiro atoms. The lowest BCUT2D eigenvalue weighted by molar-refractivity contribution is -0.140. The van der Waals surface area contributed by atoms with Gasteiger partial charge in [0.25, 0.3) is 0 Å². The maximum atomic E-state index is 11.1. The highest BCUT2D eigenvalue weighted by molar-refractivity contribution is 9.13. The number of halogens is 3. The SMILES string of the molecule is COC(=O)C(Cl)c1ccc(Br)c(Br)c1. The quantitative estimate of drug-likeness (QED) is 0.606. The summed E-state index contributed by atoms with van der Waals surface area (Å²) in [5.41, 5.74) is 0.702. The molecule has 1 unspecified atom stereocenters. The lowest BCUT2D eigenvalue weighted by atomic mass is 10.1. The first-order valence-electron chi connectivity index (χ1n) is 3.73. The van der Waals surface area contributed by atoms with Crippen LogP contribution < -0.4 is 0 Å². The second-order valence-electron chi connectivity index (χ2n) is 2.56. The van der Waals surface area contributed by atoms with E-state index in [9.17, 15) is 4.79 Å². The second kappa shape index (κ2) is 5.14. The van der Waals surface area contributed by atoms with Crippen LogP contribution in [0.2, 0.25) is 0 Å². The van der Waals surface area contributed by atoms with E-state index in [1.807, 2.05) is 6.07 Å². The molecule has 0 fully saturated rings. The lowest BCUT2D eigenvalue weighted by Gasteiger charge is -2.08. The van der Waals surface area contributed by atoms with E-state index < -0.39 is 11.3 Å². The maximum Gasteiger partial charge on any atom is 0.328 e. The van der Waals surface area contributed by atoms with E-state index in [4.69, 9.17) is 11.6 Å². The van der Waals surface area contributed by atoms with Crippen molar-refractivity contribution in [2.24, 2.45) is 0 Å². The zero-order valence-electron chi connectivity index (χ0n) is 7.26. The molecule has 1 rings (SSSR count). The van der Waals surface area contributed by atoms with Crippen molar-refractivity contribution in [2.45, 2.75) is 5.38 Å². The van der Waals surface area contributed by atoms with E-state index in [0.717, 1.165) is 8.95 Å². The summed E-state index contributed by atoms with van der Waals surface area (Å²) in [4.78, 5) is 11.1. The minimum Gasteiger partial charge on any atom is -0.468 e. The number of methoxy groups -OCH3 is 1. The minimum absolute atomic E-state index is 0.458. The first kappa shape index (κ1) is 12.0. The first-order chi connectivity index (χ1) is 6.56. The molecule has 0 aliphatic heterocycles. The van der Waals surface area contributed by atoms with Gasteiger partial charge in [-0.3, -0.25) is 4.79 Å². The molecule has 0 radical (unpaired) electrons. The number of hydrogen-bond donors (Lipinski definition) is 0. The van der Waals surface area contributed by atoms with Gasteiger partial charge in [-0.25, -0.2) is 0 Å². The summed E-state index contributed by atoms with van der Waals surface area (Å²) in [7, 11) is 1.31. The molecule has 0 aliphatic rings. The van der Waals surface area contributed by atoms with Gasteiger partial charge < -0.3 is 4.74 Å². The van der Waals surface area contributed by atoms with Crippen molar-refractivity contribution in [3.63, 3.8) is 0 Å². The van der Waals surface area contributed by atoms with E-state index in [-0.39, 0.29) is 0 Å². The largest absolute Gasteiger partial charge is 0.468 e. The van der Waals surface area contributed by atoms with Crippen LogP contribution in [0.3, 0.4) is 0 Å². The molecule has 0 aliphatic carbocycles. The Hall–Kier alpha value is -0.0600. The second-order valence-corrected chi connectivity index (χ2v) is 4.70. The van der Waals surface area contributed by atoms with Crippen molar-refractivity contribution >= 4 is 49.4 Å². The molecular formula is C9H7Br2ClO2. The van der Waals surface area contributed by atoms with Crippen LogP contribution in [-0.2, 0) is 9.53 Å². The number of ether oxygens (including phenoxy) is 1. The van der Waals surface area contributed by atoms with Crippen molar-refractivity contribution in [1.82, 2.24) is 0 Å². The molecule has 1 aromatic rings. The van der Waals surface area contributed by atoms with Crippen molar-refractivity contribution < 1.29 is 9.53 Å². The third-order valence-corrected chi connectivity index (χ3v) is 3.95. The fraction of sp³-hybridized carbons (Fsp3) is 0.222. The van der Waals surface area contributed by atoms with Gasteiger partial charge in [-0.1, -0.05) is 6.07 Å². The monoisotopic (exact) mass is 340 g/mol. The van der Waals surface area contributed by atoms with Gasteiger partial charge in [0.15, 0.2) is 5.38 Å². The van der Waals surface area contributed by atoms with Gasteiger partial charge in [0.05, 0.1) is 7.11 Å². The fourth-order valence-corrected chi connectivity index (χ4v) is 1.78. The fourth-order valence-electron chi connectivity index (χ4n) is 0.910. The molecule has 1 atom stereocenters. The number of alkyl halides is 1. The van der Waals surface area contributed by atoms with E-state index in [0.29, 0.717) is 5.56 Å². The molecule has 0 amide bonds. The summed E-state index contributed by atoms with van der Waals surface area (Å²) >= 11 is 12.5. The summed E-state index contributed by atoms with van der Waals surface area (Å²) in [6.45, 7) is 0. The maximum absolute atomic E-state index is 11.1. The van der Waals surface area contributed by atoms with E-state index >= 15 is 0 Å². The highest BCUT2D eigenvalue weighted by Crippen LogP contribution is 2.29. The first-order valence-corrected chi connectivity index (χ1v) is 5.75. The summed E-state index contributed by atoms with van der Waals surface area (Å²) in [6, 6.07) is 5.36. The zero-order valence-corrected chi connectivity index (χ0v) is 11.2. The van der Waals surface area contributed by atoms with Crippen LogP contribution in [0.5, 0.6) is 0 Å². The number of carbonyl (C=O) groups is 1. The number of rotatable bonds is 2. The molecule has 76 valence electrons. The normalized spacial score (nSPS) is 12.3. The molecule has 0 aromatic heterocycles. The van der Waals surface area contributed by atoms with Gasteiger partial charge >= 0.3 is 5.97 Å². The standard InChI is InChI=1S/C9H7Br2ClO2/c1-14-9(13)8(12)5-2-3-6(10)7(11)4-5/h2-4,8H,1H3. The van der Waals surface area contributed by atoms with Crippen LogP contribution in [0.25, 0.3) is 0 Å². The molecular weight excluding hydrogens is 335 g/mol. The molecule has 2 nitrogen and oxygen atoms in total. The van der Waals surface area contributed by atoms with Gasteiger partial charge in [0.2, 0.25) is 0 Å².